The molecule has 66 heavy (non-hydrogen) atoms. The van der Waals surface area contributed by atoms with Gasteiger partial charge >= 0.3 is 0 Å². The zero-order valence-corrected chi connectivity index (χ0v) is 40.4. The molecule has 8 rings (SSSR count). The molecule has 4 heterocycles. The van der Waals surface area contributed by atoms with Gasteiger partial charge in [-0.25, -0.2) is 19.9 Å². The van der Waals surface area contributed by atoms with Crippen LogP contribution in [0.5, 0.6) is 0 Å². The number of nitrogens with two attached hydrogens (primary N) is 1. The summed E-state index contributed by atoms with van der Waals surface area (Å²) in [7, 11) is 0. The highest BCUT2D eigenvalue weighted by Gasteiger charge is 2.17. The smallest absolute Gasteiger partial charge is 0.253 e. The molecule has 0 fully saturated rings. The molecule has 4 aromatic carbocycles. The average Bonchev–Trinajstić information content (AvgIpc) is 3.30. The van der Waals surface area contributed by atoms with Gasteiger partial charge < -0.3 is 16.4 Å². The summed E-state index contributed by atoms with van der Waals surface area (Å²) < 4.78 is 0.862. The van der Waals surface area contributed by atoms with Gasteiger partial charge in [-0.2, -0.15) is 0 Å². The number of aromatic nitrogens is 4. The van der Waals surface area contributed by atoms with Gasteiger partial charge in [0.1, 0.15) is 0 Å². The number of halogens is 1. The first-order valence-corrected chi connectivity index (χ1v) is 22.6. The van der Waals surface area contributed by atoms with E-state index in [9.17, 15) is 9.59 Å². The van der Waals surface area contributed by atoms with Crippen molar-refractivity contribution < 1.29 is 9.59 Å². The third kappa shape index (κ3) is 13.0. The average molecular weight is 942 g/mol. The SMILES string of the molecule is Cc1nc2ncc(Br)cc2cc1C(=O)NCc1ccc(C(C)(C)C)cc1.Cc1nc2ncc(N)cc2cc1C(=O)NCc1ccc(C(C)(C)C)cc1.N=C(c1ccccc1)c1ccccc1. The molecule has 0 spiro atoms. The molecule has 0 aliphatic heterocycles. The molecule has 0 atom stereocenters. The van der Waals surface area contributed by atoms with Crippen LogP contribution in [-0.2, 0) is 23.9 Å². The Morgan fingerprint density at radius 1 is 0.576 bits per heavy atom. The summed E-state index contributed by atoms with van der Waals surface area (Å²) in [6, 6.07) is 43.5. The molecular formula is C55H57BrN8O2. The first kappa shape index (κ1) is 48.3. The topological polar surface area (TPSA) is 160 Å². The Morgan fingerprint density at radius 2 is 0.970 bits per heavy atom. The maximum atomic E-state index is 12.6. The molecule has 0 radical (unpaired) electrons. The number of carbonyl (C=O) groups excluding carboxylic acids is 2. The standard InChI is InChI=1S/C21H22BrN3O.C21H24N4O.C13H11N/c2*1-13-18(10-15-9-17(22)12-23-19(15)25-13)20(26)24-11-14-5-7-16(8-6-14)21(2,3)4;14-13(11-7-3-1-4-8-11)12-9-5-2-6-10-12/h5-10,12H,11H2,1-4H3,(H,24,26);5-10,12H,11,22H2,1-4H3,(H,24,26);1-10,14H. The van der Waals surface area contributed by atoms with Crippen molar-refractivity contribution in [1.82, 2.24) is 30.6 Å². The van der Waals surface area contributed by atoms with Gasteiger partial charge in [-0.3, -0.25) is 15.0 Å². The second-order valence-corrected chi connectivity index (χ2v) is 19.0. The molecule has 0 saturated carbocycles. The van der Waals surface area contributed by atoms with E-state index in [1.807, 2.05) is 86.6 Å². The third-order valence-corrected chi connectivity index (χ3v) is 11.3. The summed E-state index contributed by atoms with van der Waals surface area (Å²) in [5, 5.41) is 15.5. The van der Waals surface area contributed by atoms with Gasteiger partial charge in [-0.1, -0.05) is 151 Å². The van der Waals surface area contributed by atoms with E-state index in [4.69, 9.17) is 11.1 Å². The van der Waals surface area contributed by atoms with Crippen LogP contribution < -0.4 is 16.4 Å². The first-order chi connectivity index (χ1) is 31.3. The normalized spacial score (nSPS) is 11.2. The number of aryl methyl sites for hydroxylation is 2. The van der Waals surface area contributed by atoms with E-state index in [1.165, 1.54) is 11.1 Å². The number of nitrogens with one attached hydrogen (secondary N) is 3. The Kier molecular flexibility index (Phi) is 15.6. The number of anilines is 1. The van der Waals surface area contributed by atoms with Crippen LogP contribution in [0.4, 0.5) is 5.69 Å². The number of nitrogens with zero attached hydrogens (tertiary/aromatic N) is 4. The number of amides is 2. The molecule has 336 valence electrons. The highest BCUT2D eigenvalue weighted by molar-refractivity contribution is 9.10. The van der Waals surface area contributed by atoms with Crippen LogP contribution in [0.2, 0.25) is 0 Å². The molecule has 0 aliphatic rings. The van der Waals surface area contributed by atoms with Crippen molar-refractivity contribution in [3.05, 3.63) is 206 Å². The first-order valence-electron chi connectivity index (χ1n) is 21.8. The van der Waals surface area contributed by atoms with E-state index in [0.717, 1.165) is 37.5 Å². The lowest BCUT2D eigenvalue weighted by Gasteiger charge is -2.19. The maximum absolute atomic E-state index is 12.6. The van der Waals surface area contributed by atoms with Crippen LogP contribution in [0.3, 0.4) is 0 Å². The molecule has 4 aromatic heterocycles. The number of rotatable bonds is 8. The second kappa shape index (κ2) is 21.3. The highest BCUT2D eigenvalue weighted by Crippen LogP contribution is 2.24. The summed E-state index contributed by atoms with van der Waals surface area (Å²) in [5.74, 6) is -0.281. The zero-order chi connectivity index (χ0) is 47.6. The highest BCUT2D eigenvalue weighted by atomic mass is 79.9. The Bertz CT molecular complexity index is 2760. The van der Waals surface area contributed by atoms with Crippen LogP contribution in [0.15, 0.2) is 150 Å². The second-order valence-electron chi connectivity index (χ2n) is 18.1. The minimum atomic E-state index is -0.153. The van der Waals surface area contributed by atoms with Crippen LogP contribution in [0.25, 0.3) is 22.1 Å². The lowest BCUT2D eigenvalue weighted by molar-refractivity contribution is 0.0942. The molecule has 0 aliphatic carbocycles. The van der Waals surface area contributed by atoms with Crippen molar-refractivity contribution in [3.8, 4) is 0 Å². The minimum absolute atomic E-state index is 0.117. The van der Waals surface area contributed by atoms with Gasteiger partial charge in [-0.15, -0.1) is 0 Å². The number of carbonyl (C=O) groups is 2. The van der Waals surface area contributed by atoms with E-state index in [1.54, 1.807) is 24.5 Å². The predicted molar refractivity (Wildman–Crippen MR) is 272 cm³/mol. The molecule has 0 bridgehead atoms. The Balaban J connectivity index is 0.000000171. The monoisotopic (exact) mass is 940 g/mol. The van der Waals surface area contributed by atoms with Crippen molar-refractivity contribution >= 4 is 61.2 Å². The largest absolute Gasteiger partial charge is 0.397 e. The van der Waals surface area contributed by atoms with Gasteiger partial charge in [-0.05, 0) is 98.3 Å². The van der Waals surface area contributed by atoms with E-state index in [-0.39, 0.29) is 22.6 Å². The molecule has 10 nitrogen and oxygen atoms in total. The van der Waals surface area contributed by atoms with E-state index >= 15 is 0 Å². The molecule has 0 unspecified atom stereocenters. The fraction of sp³-hybridized carbons (Fsp3) is 0.218. The van der Waals surface area contributed by atoms with Crippen LogP contribution in [0.1, 0.15) is 107 Å². The molecule has 5 N–H and O–H groups in total. The van der Waals surface area contributed by atoms with Gasteiger partial charge in [0.15, 0.2) is 11.3 Å². The molecule has 11 heteroatoms. The van der Waals surface area contributed by atoms with Gasteiger partial charge in [0.25, 0.3) is 11.8 Å². The lowest BCUT2D eigenvalue weighted by atomic mass is 9.87. The Hall–Kier alpha value is -7.11. The number of nitrogen functional groups attached to an aromatic ring is 1. The van der Waals surface area contributed by atoms with Gasteiger partial charge in [0, 0.05) is 34.5 Å². The van der Waals surface area contributed by atoms with Crippen molar-refractivity contribution in [2.45, 2.75) is 79.3 Å². The number of hydrogen-bond acceptors (Lipinski definition) is 8. The van der Waals surface area contributed by atoms with Crippen LogP contribution >= 0.6 is 15.9 Å². The van der Waals surface area contributed by atoms with Gasteiger partial charge in [0.05, 0.1) is 40.1 Å². The van der Waals surface area contributed by atoms with E-state index in [2.05, 4.69) is 137 Å². The molecule has 0 saturated heterocycles. The maximum Gasteiger partial charge on any atom is 0.253 e. The van der Waals surface area contributed by atoms with Gasteiger partial charge in [0.2, 0.25) is 0 Å². The van der Waals surface area contributed by atoms with Crippen molar-refractivity contribution in [1.29, 1.82) is 5.41 Å². The Labute approximate surface area is 396 Å². The van der Waals surface area contributed by atoms with E-state index in [0.29, 0.717) is 58.3 Å². The van der Waals surface area contributed by atoms with Crippen LogP contribution in [0, 0.1) is 19.3 Å². The number of benzene rings is 4. The van der Waals surface area contributed by atoms with Crippen LogP contribution in [-0.4, -0.2) is 37.5 Å². The number of pyridine rings is 4. The molecule has 2 amide bonds. The fourth-order valence-electron chi connectivity index (χ4n) is 6.93. The summed E-state index contributed by atoms with van der Waals surface area (Å²) in [4.78, 5) is 42.5. The summed E-state index contributed by atoms with van der Waals surface area (Å²) in [5.41, 5.74) is 17.4. The van der Waals surface area contributed by atoms with Crippen molar-refractivity contribution in [2.75, 3.05) is 5.73 Å². The van der Waals surface area contributed by atoms with Crippen molar-refractivity contribution in [3.63, 3.8) is 0 Å². The quantitative estimate of drug-likeness (QED) is 0.110. The summed E-state index contributed by atoms with van der Waals surface area (Å²) in [6.45, 7) is 17.7. The molecule has 8 aromatic rings. The lowest BCUT2D eigenvalue weighted by Crippen LogP contribution is -2.24. The third-order valence-electron chi connectivity index (χ3n) is 10.9. The molecular weight excluding hydrogens is 885 g/mol. The predicted octanol–water partition coefficient (Wildman–Crippen LogP) is 11.8. The summed E-state index contributed by atoms with van der Waals surface area (Å²) in [6.07, 6.45) is 3.27. The summed E-state index contributed by atoms with van der Waals surface area (Å²) >= 11 is 3.40. The number of fused-ring (bicyclic) bond motifs is 2. The minimum Gasteiger partial charge on any atom is -0.397 e. The van der Waals surface area contributed by atoms with Crippen molar-refractivity contribution in [2.24, 2.45) is 0 Å². The van der Waals surface area contributed by atoms with E-state index < -0.39 is 0 Å². The zero-order valence-electron chi connectivity index (χ0n) is 38.8. The fourth-order valence-corrected chi connectivity index (χ4v) is 7.28. The number of hydrogen-bond donors (Lipinski definition) is 4. The Morgan fingerprint density at radius 3 is 1.38 bits per heavy atom.